The maximum atomic E-state index is 12.6. The van der Waals surface area contributed by atoms with E-state index in [1.807, 2.05) is 0 Å². The zero-order chi connectivity index (χ0) is 18.2. The monoisotopic (exact) mass is 348 g/mol. The van der Waals surface area contributed by atoms with Crippen LogP contribution in [0.3, 0.4) is 0 Å². The maximum Gasteiger partial charge on any atom is 0.416 e. The third-order valence-corrected chi connectivity index (χ3v) is 3.29. The van der Waals surface area contributed by atoms with Crippen molar-refractivity contribution in [3.05, 3.63) is 29.8 Å². The van der Waals surface area contributed by atoms with Gasteiger partial charge in [0.2, 0.25) is 0 Å². The van der Waals surface area contributed by atoms with E-state index in [1.165, 1.54) is 26.4 Å². The van der Waals surface area contributed by atoms with Crippen LogP contribution in [0.2, 0.25) is 0 Å². The fourth-order valence-electron chi connectivity index (χ4n) is 2.02. The zero-order valence-electron chi connectivity index (χ0n) is 13.4. The molecule has 0 radical (unpaired) electrons. The van der Waals surface area contributed by atoms with E-state index >= 15 is 0 Å². The molecular formula is C16H19F3O5. The normalized spacial score (nSPS) is 11.2. The summed E-state index contributed by atoms with van der Waals surface area (Å²) in [5.74, 6) is -2.25. The molecule has 1 aromatic rings. The van der Waals surface area contributed by atoms with Crippen molar-refractivity contribution in [3.63, 3.8) is 0 Å². The molecule has 0 aliphatic heterocycles. The number of carbonyl (C=O) groups excluding carboxylic acids is 2. The summed E-state index contributed by atoms with van der Waals surface area (Å²) in [5, 5.41) is 0. The van der Waals surface area contributed by atoms with Crippen molar-refractivity contribution in [3.8, 4) is 5.75 Å². The van der Waals surface area contributed by atoms with Crippen molar-refractivity contribution in [2.75, 3.05) is 20.8 Å². The summed E-state index contributed by atoms with van der Waals surface area (Å²) in [6.45, 7) is 0.163. The zero-order valence-corrected chi connectivity index (χ0v) is 13.4. The van der Waals surface area contributed by atoms with Gasteiger partial charge in [0.1, 0.15) is 5.75 Å². The molecule has 0 N–H and O–H groups in total. The average molecular weight is 348 g/mol. The van der Waals surface area contributed by atoms with Gasteiger partial charge in [0, 0.05) is 0 Å². The first kappa shape index (κ1) is 19.8. The molecule has 0 unspecified atom stereocenters. The first-order chi connectivity index (χ1) is 11.3. The standard InChI is InChI=1S/C16H19F3O5/c1-22-14(20)13(15(21)23-2)8-3-4-9-24-12-7-5-6-11(10-12)16(17,18)19/h5-7,10,13H,3-4,8-9H2,1-2H3. The van der Waals surface area contributed by atoms with Crippen LogP contribution in [0, 0.1) is 5.92 Å². The lowest BCUT2D eigenvalue weighted by Gasteiger charge is -2.13. The molecule has 0 spiro atoms. The van der Waals surface area contributed by atoms with E-state index in [0.717, 1.165) is 12.1 Å². The first-order valence-corrected chi connectivity index (χ1v) is 7.25. The van der Waals surface area contributed by atoms with Crippen LogP contribution >= 0.6 is 0 Å². The Bertz CT molecular complexity index is 541. The number of hydrogen-bond donors (Lipinski definition) is 0. The number of methoxy groups -OCH3 is 2. The lowest BCUT2D eigenvalue weighted by molar-refractivity contribution is -0.159. The van der Waals surface area contributed by atoms with Gasteiger partial charge in [-0.25, -0.2) is 0 Å². The van der Waals surface area contributed by atoms with E-state index < -0.39 is 29.6 Å². The largest absolute Gasteiger partial charge is 0.494 e. The highest BCUT2D eigenvalue weighted by atomic mass is 19.4. The Kier molecular flexibility index (Phi) is 7.54. The molecule has 0 fully saturated rings. The highest BCUT2D eigenvalue weighted by molar-refractivity contribution is 5.94. The van der Waals surface area contributed by atoms with Gasteiger partial charge >= 0.3 is 18.1 Å². The van der Waals surface area contributed by atoms with Crippen LogP contribution in [0.25, 0.3) is 0 Å². The summed E-state index contributed by atoms with van der Waals surface area (Å²) in [4.78, 5) is 22.9. The predicted octanol–water partition coefficient (Wildman–Crippen LogP) is 3.22. The average Bonchev–Trinajstić information content (AvgIpc) is 2.56. The third-order valence-electron chi connectivity index (χ3n) is 3.29. The van der Waals surface area contributed by atoms with Crippen LogP contribution in [-0.2, 0) is 25.2 Å². The molecule has 1 rings (SSSR count). The summed E-state index contributed by atoms with van der Waals surface area (Å²) in [6, 6.07) is 4.58. The number of rotatable bonds is 8. The van der Waals surface area contributed by atoms with Crippen molar-refractivity contribution in [1.29, 1.82) is 0 Å². The van der Waals surface area contributed by atoms with Crippen LogP contribution in [0.15, 0.2) is 24.3 Å². The van der Waals surface area contributed by atoms with Crippen molar-refractivity contribution in [2.24, 2.45) is 5.92 Å². The molecule has 1 aromatic carbocycles. The lowest BCUT2D eigenvalue weighted by atomic mass is 10.0. The number of ether oxygens (including phenoxy) is 3. The molecule has 0 aliphatic rings. The number of halogens is 3. The minimum Gasteiger partial charge on any atom is -0.494 e. The van der Waals surface area contributed by atoms with Gasteiger partial charge in [-0.3, -0.25) is 9.59 Å². The molecule has 0 amide bonds. The second-order valence-electron chi connectivity index (χ2n) is 4.97. The third kappa shape index (κ3) is 6.10. The molecule has 0 aromatic heterocycles. The van der Waals surface area contributed by atoms with Gasteiger partial charge in [-0.05, 0) is 37.5 Å². The number of hydrogen-bond acceptors (Lipinski definition) is 5. The molecule has 0 atom stereocenters. The van der Waals surface area contributed by atoms with Crippen LogP contribution in [0.4, 0.5) is 13.2 Å². The highest BCUT2D eigenvalue weighted by Gasteiger charge is 2.30. The molecule has 134 valence electrons. The van der Waals surface area contributed by atoms with Gasteiger partial charge in [-0.1, -0.05) is 6.07 Å². The van der Waals surface area contributed by atoms with Crippen molar-refractivity contribution in [2.45, 2.75) is 25.4 Å². The van der Waals surface area contributed by atoms with E-state index in [4.69, 9.17) is 4.74 Å². The summed E-state index contributed by atoms with van der Waals surface area (Å²) in [6.07, 6.45) is -3.30. The molecule has 24 heavy (non-hydrogen) atoms. The quantitative estimate of drug-likeness (QED) is 0.410. The van der Waals surface area contributed by atoms with Gasteiger partial charge in [-0.15, -0.1) is 0 Å². The Hall–Kier alpha value is -2.25. The molecular weight excluding hydrogens is 329 g/mol. The van der Waals surface area contributed by atoms with Gasteiger partial charge in [-0.2, -0.15) is 13.2 Å². The van der Waals surface area contributed by atoms with E-state index in [0.29, 0.717) is 12.8 Å². The molecule has 5 nitrogen and oxygen atoms in total. The minimum absolute atomic E-state index is 0.113. The van der Waals surface area contributed by atoms with Crippen molar-refractivity contribution < 1.29 is 37.0 Å². The Labute approximate surface area is 137 Å². The fourth-order valence-corrected chi connectivity index (χ4v) is 2.02. The van der Waals surface area contributed by atoms with Gasteiger partial charge in [0.15, 0.2) is 5.92 Å². The van der Waals surface area contributed by atoms with E-state index in [9.17, 15) is 22.8 Å². The highest BCUT2D eigenvalue weighted by Crippen LogP contribution is 2.31. The van der Waals surface area contributed by atoms with Gasteiger partial charge in [0.25, 0.3) is 0 Å². The number of benzene rings is 1. The molecule has 0 aliphatic carbocycles. The second kappa shape index (κ2) is 9.14. The Morgan fingerprint density at radius 2 is 1.71 bits per heavy atom. The van der Waals surface area contributed by atoms with E-state index in [1.54, 1.807) is 0 Å². The fraction of sp³-hybridized carbons (Fsp3) is 0.500. The Morgan fingerprint density at radius 1 is 1.08 bits per heavy atom. The number of alkyl halides is 3. The maximum absolute atomic E-state index is 12.6. The van der Waals surface area contributed by atoms with Crippen molar-refractivity contribution in [1.82, 2.24) is 0 Å². The minimum atomic E-state index is -4.42. The number of carbonyl (C=O) groups is 2. The topological polar surface area (TPSA) is 61.8 Å². The Morgan fingerprint density at radius 3 is 2.25 bits per heavy atom. The first-order valence-electron chi connectivity index (χ1n) is 7.25. The molecule has 8 heteroatoms. The van der Waals surface area contributed by atoms with E-state index in [-0.39, 0.29) is 18.8 Å². The van der Waals surface area contributed by atoms with E-state index in [2.05, 4.69) is 9.47 Å². The van der Waals surface area contributed by atoms with Crippen molar-refractivity contribution >= 4 is 11.9 Å². The molecule has 0 heterocycles. The summed E-state index contributed by atoms with van der Waals surface area (Å²) >= 11 is 0. The number of esters is 2. The lowest BCUT2D eigenvalue weighted by Crippen LogP contribution is -2.26. The Balaban J connectivity index is 2.43. The number of unbranched alkanes of at least 4 members (excludes halogenated alkanes) is 1. The van der Waals surface area contributed by atoms with Gasteiger partial charge < -0.3 is 14.2 Å². The van der Waals surface area contributed by atoms with Crippen LogP contribution in [-0.4, -0.2) is 32.8 Å². The summed E-state index contributed by atoms with van der Waals surface area (Å²) in [7, 11) is 2.35. The van der Waals surface area contributed by atoms with Crippen LogP contribution in [0.5, 0.6) is 5.75 Å². The van der Waals surface area contributed by atoms with Crippen LogP contribution in [0.1, 0.15) is 24.8 Å². The molecule has 0 saturated carbocycles. The van der Waals surface area contributed by atoms with Gasteiger partial charge in [0.05, 0.1) is 26.4 Å². The second-order valence-corrected chi connectivity index (χ2v) is 4.97. The van der Waals surface area contributed by atoms with Crippen LogP contribution < -0.4 is 4.74 Å². The predicted molar refractivity (Wildman–Crippen MR) is 78.3 cm³/mol. The molecule has 0 saturated heterocycles. The smallest absolute Gasteiger partial charge is 0.416 e. The molecule has 0 bridgehead atoms. The summed E-state index contributed by atoms with van der Waals surface area (Å²) in [5.41, 5.74) is -0.781. The summed E-state index contributed by atoms with van der Waals surface area (Å²) < 4.78 is 52.0. The SMILES string of the molecule is COC(=O)C(CCCCOc1cccc(C(F)(F)F)c1)C(=O)OC.